The lowest BCUT2D eigenvalue weighted by Crippen LogP contribution is -2.31. The van der Waals surface area contributed by atoms with E-state index in [-0.39, 0.29) is 6.04 Å². The Morgan fingerprint density at radius 2 is 2.10 bits per heavy atom. The van der Waals surface area contributed by atoms with Gasteiger partial charge >= 0.3 is 0 Å². The van der Waals surface area contributed by atoms with Gasteiger partial charge in [-0.05, 0) is 38.2 Å². The molecule has 112 valence electrons. The summed E-state index contributed by atoms with van der Waals surface area (Å²) < 4.78 is 7.15. The van der Waals surface area contributed by atoms with Crippen molar-refractivity contribution >= 4 is 23.0 Å². The molecule has 0 aliphatic heterocycles. The largest absolute Gasteiger partial charge is 0.495 e. The van der Waals surface area contributed by atoms with Gasteiger partial charge in [-0.15, -0.1) is 0 Å². The molecule has 0 fully saturated rings. The molecule has 0 spiro atoms. The highest BCUT2D eigenvalue weighted by molar-refractivity contribution is 7.80. The Morgan fingerprint density at radius 3 is 2.71 bits per heavy atom. The fourth-order valence-electron chi connectivity index (χ4n) is 2.12. The van der Waals surface area contributed by atoms with Gasteiger partial charge in [0.05, 0.1) is 25.0 Å². The highest BCUT2D eigenvalue weighted by Crippen LogP contribution is 2.23. The number of aromatic nitrogens is 2. The standard InChI is InChI=1S/C15H20N4OS/c1-10(12-9-16-19(3)11(12)2)17-15(21)18-13-7-5-6-8-14(13)20-4/h5-10H,1-4H3,(H2,17,18,21). The number of thiocarbonyl (C=S) groups is 1. The molecule has 0 bridgehead atoms. The average Bonchev–Trinajstić information content (AvgIpc) is 2.79. The summed E-state index contributed by atoms with van der Waals surface area (Å²) >= 11 is 5.36. The summed E-state index contributed by atoms with van der Waals surface area (Å²) in [6, 6.07) is 7.74. The highest BCUT2D eigenvalue weighted by Gasteiger charge is 2.13. The number of nitrogens with one attached hydrogen (secondary N) is 2. The maximum absolute atomic E-state index is 5.36. The molecule has 0 saturated heterocycles. The first-order valence-electron chi connectivity index (χ1n) is 6.72. The molecule has 2 aromatic rings. The van der Waals surface area contributed by atoms with Crippen molar-refractivity contribution in [2.24, 2.45) is 7.05 Å². The molecule has 1 aromatic heterocycles. The van der Waals surface area contributed by atoms with E-state index in [1.807, 2.05) is 49.1 Å². The van der Waals surface area contributed by atoms with Gasteiger partial charge in [0.1, 0.15) is 5.75 Å². The third-order valence-corrected chi connectivity index (χ3v) is 3.66. The molecule has 1 unspecified atom stereocenters. The Morgan fingerprint density at radius 1 is 1.38 bits per heavy atom. The first-order valence-corrected chi connectivity index (χ1v) is 7.12. The number of anilines is 1. The number of rotatable bonds is 4. The minimum atomic E-state index is 0.0772. The summed E-state index contributed by atoms with van der Waals surface area (Å²) in [7, 11) is 3.57. The molecule has 0 aliphatic carbocycles. The summed E-state index contributed by atoms with van der Waals surface area (Å²) in [6.07, 6.45) is 1.86. The second-order valence-electron chi connectivity index (χ2n) is 4.83. The SMILES string of the molecule is COc1ccccc1NC(=S)NC(C)c1cnn(C)c1C. The molecule has 2 rings (SSSR count). The first kappa shape index (κ1) is 15.3. The number of ether oxygens (including phenoxy) is 1. The van der Waals surface area contributed by atoms with Crippen molar-refractivity contribution in [3.8, 4) is 5.75 Å². The quantitative estimate of drug-likeness (QED) is 0.851. The fourth-order valence-corrected chi connectivity index (χ4v) is 2.41. The molecule has 0 radical (unpaired) electrons. The van der Waals surface area contributed by atoms with E-state index in [9.17, 15) is 0 Å². The number of para-hydroxylation sites is 2. The van der Waals surface area contributed by atoms with Crippen LogP contribution in [0.2, 0.25) is 0 Å². The van der Waals surface area contributed by atoms with Crippen molar-refractivity contribution in [3.05, 3.63) is 41.7 Å². The monoisotopic (exact) mass is 304 g/mol. The van der Waals surface area contributed by atoms with E-state index in [1.165, 1.54) is 0 Å². The molecule has 5 nitrogen and oxygen atoms in total. The van der Waals surface area contributed by atoms with Crippen LogP contribution < -0.4 is 15.4 Å². The third-order valence-electron chi connectivity index (χ3n) is 3.44. The van der Waals surface area contributed by atoms with Crippen LogP contribution in [-0.2, 0) is 7.05 Å². The van der Waals surface area contributed by atoms with Crippen molar-refractivity contribution in [3.63, 3.8) is 0 Å². The van der Waals surface area contributed by atoms with Crippen LogP contribution in [-0.4, -0.2) is 22.0 Å². The molecule has 1 heterocycles. The van der Waals surface area contributed by atoms with Gasteiger partial charge in [-0.2, -0.15) is 5.10 Å². The van der Waals surface area contributed by atoms with Crippen LogP contribution in [0.3, 0.4) is 0 Å². The van der Waals surface area contributed by atoms with Crippen LogP contribution in [0, 0.1) is 6.92 Å². The minimum Gasteiger partial charge on any atom is -0.495 e. The predicted octanol–water partition coefficient (Wildman–Crippen LogP) is 2.78. The Balaban J connectivity index is 2.03. The van der Waals surface area contributed by atoms with E-state index < -0.39 is 0 Å². The summed E-state index contributed by atoms with van der Waals surface area (Å²) in [6.45, 7) is 4.09. The molecule has 1 atom stereocenters. The molecule has 6 heteroatoms. The van der Waals surface area contributed by atoms with Gasteiger partial charge in [0.2, 0.25) is 0 Å². The normalized spacial score (nSPS) is 11.8. The molecule has 1 aromatic carbocycles. The number of hydrogen-bond donors (Lipinski definition) is 2. The smallest absolute Gasteiger partial charge is 0.171 e. The first-order chi connectivity index (χ1) is 10.0. The Labute approximate surface area is 130 Å². The average molecular weight is 304 g/mol. The number of methoxy groups -OCH3 is 1. The van der Waals surface area contributed by atoms with Gasteiger partial charge in [0, 0.05) is 18.3 Å². The van der Waals surface area contributed by atoms with Crippen LogP contribution in [0.25, 0.3) is 0 Å². The lowest BCUT2D eigenvalue weighted by Gasteiger charge is -2.18. The van der Waals surface area contributed by atoms with E-state index in [0.29, 0.717) is 5.11 Å². The van der Waals surface area contributed by atoms with Crippen LogP contribution in [0.5, 0.6) is 5.75 Å². The summed E-state index contributed by atoms with van der Waals surface area (Å²) in [5.41, 5.74) is 3.09. The molecule has 0 amide bonds. The Hall–Kier alpha value is -2.08. The van der Waals surface area contributed by atoms with Crippen LogP contribution >= 0.6 is 12.2 Å². The zero-order valence-corrected chi connectivity index (χ0v) is 13.5. The van der Waals surface area contributed by atoms with E-state index in [2.05, 4.69) is 22.7 Å². The molecule has 21 heavy (non-hydrogen) atoms. The van der Waals surface area contributed by atoms with E-state index >= 15 is 0 Å². The molecular weight excluding hydrogens is 284 g/mol. The van der Waals surface area contributed by atoms with Crippen LogP contribution in [0.1, 0.15) is 24.2 Å². The van der Waals surface area contributed by atoms with Gasteiger partial charge in [0.15, 0.2) is 5.11 Å². The minimum absolute atomic E-state index is 0.0772. The van der Waals surface area contributed by atoms with Crippen LogP contribution in [0.15, 0.2) is 30.5 Å². The Kier molecular flexibility index (Phi) is 4.80. The summed E-state index contributed by atoms with van der Waals surface area (Å²) in [5.74, 6) is 0.756. The van der Waals surface area contributed by atoms with Crippen molar-refractivity contribution in [1.82, 2.24) is 15.1 Å². The van der Waals surface area contributed by atoms with E-state index in [1.54, 1.807) is 7.11 Å². The van der Waals surface area contributed by atoms with Gasteiger partial charge in [-0.1, -0.05) is 12.1 Å². The third kappa shape index (κ3) is 3.52. The number of nitrogens with zero attached hydrogens (tertiary/aromatic N) is 2. The summed E-state index contributed by atoms with van der Waals surface area (Å²) in [5, 5.41) is 11.2. The van der Waals surface area contributed by atoms with Gasteiger partial charge in [0.25, 0.3) is 0 Å². The van der Waals surface area contributed by atoms with E-state index in [4.69, 9.17) is 17.0 Å². The second kappa shape index (κ2) is 6.58. The maximum Gasteiger partial charge on any atom is 0.171 e. The second-order valence-corrected chi connectivity index (χ2v) is 5.24. The number of benzene rings is 1. The number of hydrogen-bond acceptors (Lipinski definition) is 3. The maximum atomic E-state index is 5.36. The zero-order valence-electron chi connectivity index (χ0n) is 12.7. The molecule has 0 saturated carbocycles. The fraction of sp³-hybridized carbons (Fsp3) is 0.333. The van der Waals surface area contributed by atoms with Crippen molar-refractivity contribution < 1.29 is 4.74 Å². The predicted molar refractivity (Wildman–Crippen MR) is 88.7 cm³/mol. The summed E-state index contributed by atoms with van der Waals surface area (Å²) in [4.78, 5) is 0. The number of aryl methyl sites for hydroxylation is 1. The topological polar surface area (TPSA) is 51.1 Å². The molecule has 0 aliphatic rings. The van der Waals surface area contributed by atoms with Gasteiger partial charge in [-0.3, -0.25) is 4.68 Å². The van der Waals surface area contributed by atoms with Crippen molar-refractivity contribution in [2.45, 2.75) is 19.9 Å². The highest BCUT2D eigenvalue weighted by atomic mass is 32.1. The van der Waals surface area contributed by atoms with Gasteiger partial charge in [-0.25, -0.2) is 0 Å². The van der Waals surface area contributed by atoms with Crippen molar-refractivity contribution in [1.29, 1.82) is 0 Å². The van der Waals surface area contributed by atoms with Gasteiger partial charge < -0.3 is 15.4 Å². The van der Waals surface area contributed by atoms with Crippen LogP contribution in [0.4, 0.5) is 5.69 Å². The van der Waals surface area contributed by atoms with Crippen molar-refractivity contribution in [2.75, 3.05) is 12.4 Å². The lowest BCUT2D eigenvalue weighted by molar-refractivity contribution is 0.417. The molecule has 2 N–H and O–H groups in total. The molecular formula is C15H20N4OS. The lowest BCUT2D eigenvalue weighted by atomic mass is 10.1. The Bertz CT molecular complexity index is 638. The van der Waals surface area contributed by atoms with E-state index in [0.717, 1.165) is 22.7 Å². The zero-order chi connectivity index (χ0) is 15.4.